The number of benzene rings is 2. The summed E-state index contributed by atoms with van der Waals surface area (Å²) in [6, 6.07) is 11.3. The van der Waals surface area contributed by atoms with Gasteiger partial charge in [-0.3, -0.25) is 4.79 Å². The summed E-state index contributed by atoms with van der Waals surface area (Å²) in [7, 11) is 0. The summed E-state index contributed by atoms with van der Waals surface area (Å²) in [5.74, 6) is 0.321. The second-order valence-electron chi connectivity index (χ2n) is 4.23. The van der Waals surface area contributed by atoms with Crippen LogP contribution in [0.15, 0.2) is 56.1 Å². The molecule has 0 spiro atoms. The van der Waals surface area contributed by atoms with Crippen molar-refractivity contribution in [1.29, 1.82) is 0 Å². The topological polar surface area (TPSA) is 50.4 Å². The number of aromatic hydroxyl groups is 1. The first-order valence-electron chi connectivity index (χ1n) is 5.78. The van der Waals surface area contributed by atoms with Gasteiger partial charge in [0.15, 0.2) is 11.0 Å². The Morgan fingerprint density at radius 1 is 1.15 bits per heavy atom. The van der Waals surface area contributed by atoms with Crippen LogP contribution in [0.4, 0.5) is 0 Å². The Hall–Kier alpha value is -1.78. The van der Waals surface area contributed by atoms with E-state index in [4.69, 9.17) is 16.0 Å². The van der Waals surface area contributed by atoms with Gasteiger partial charge in [-0.1, -0.05) is 23.7 Å². The molecule has 0 atom stereocenters. The molecule has 1 aromatic heterocycles. The number of phenols is 1. The molecular formula is C15H8BrClO3. The van der Waals surface area contributed by atoms with Crippen molar-refractivity contribution in [2.45, 2.75) is 0 Å². The van der Waals surface area contributed by atoms with Gasteiger partial charge in [-0.05, 0) is 40.2 Å². The number of hydrogen-bond acceptors (Lipinski definition) is 3. The maximum atomic E-state index is 12.2. The normalized spacial score (nSPS) is 10.9. The van der Waals surface area contributed by atoms with Crippen LogP contribution < -0.4 is 5.43 Å². The van der Waals surface area contributed by atoms with Crippen LogP contribution in [-0.2, 0) is 0 Å². The van der Waals surface area contributed by atoms with Gasteiger partial charge in [-0.15, -0.1) is 0 Å². The average Bonchev–Trinajstić information content (AvgIpc) is 2.43. The molecule has 1 N–H and O–H groups in total. The largest absolute Gasteiger partial charge is 0.507 e. The maximum absolute atomic E-state index is 12.2. The van der Waals surface area contributed by atoms with E-state index in [0.29, 0.717) is 26.0 Å². The van der Waals surface area contributed by atoms with Crippen LogP contribution in [0.1, 0.15) is 0 Å². The van der Waals surface area contributed by atoms with Gasteiger partial charge in [-0.2, -0.15) is 0 Å². The highest BCUT2D eigenvalue weighted by Crippen LogP contribution is 2.33. The summed E-state index contributed by atoms with van der Waals surface area (Å²) in [6.07, 6.45) is 0. The van der Waals surface area contributed by atoms with Crippen LogP contribution in [0.25, 0.3) is 22.3 Å². The van der Waals surface area contributed by atoms with Gasteiger partial charge in [0.25, 0.3) is 0 Å². The van der Waals surface area contributed by atoms with E-state index in [1.54, 1.807) is 30.3 Å². The van der Waals surface area contributed by atoms with Crippen LogP contribution in [-0.4, -0.2) is 5.11 Å². The van der Waals surface area contributed by atoms with Gasteiger partial charge >= 0.3 is 0 Å². The average molecular weight is 352 g/mol. The van der Waals surface area contributed by atoms with Gasteiger partial charge < -0.3 is 9.52 Å². The van der Waals surface area contributed by atoms with Crippen molar-refractivity contribution < 1.29 is 9.52 Å². The number of phenolic OH excluding ortho intramolecular Hbond substituents is 1. The lowest BCUT2D eigenvalue weighted by molar-refractivity contribution is 0.474. The van der Waals surface area contributed by atoms with E-state index < -0.39 is 0 Å². The van der Waals surface area contributed by atoms with E-state index >= 15 is 0 Å². The van der Waals surface area contributed by atoms with E-state index in [0.717, 1.165) is 0 Å². The van der Waals surface area contributed by atoms with Crippen LogP contribution in [0.3, 0.4) is 0 Å². The van der Waals surface area contributed by atoms with E-state index in [1.807, 2.05) is 0 Å². The molecule has 0 radical (unpaired) electrons. The Bertz CT molecular complexity index is 871. The number of fused-ring (bicyclic) bond motifs is 1. The molecule has 0 aliphatic carbocycles. The first kappa shape index (κ1) is 13.2. The first-order valence-corrected chi connectivity index (χ1v) is 6.95. The summed E-state index contributed by atoms with van der Waals surface area (Å²) in [5.41, 5.74) is 0.521. The van der Waals surface area contributed by atoms with E-state index in [1.165, 1.54) is 12.1 Å². The lowest BCUT2D eigenvalue weighted by atomic mass is 10.1. The molecule has 0 amide bonds. The fraction of sp³-hybridized carbons (Fsp3) is 0. The molecule has 0 aliphatic rings. The molecular weight excluding hydrogens is 344 g/mol. The fourth-order valence-corrected chi connectivity index (χ4v) is 2.71. The van der Waals surface area contributed by atoms with Gasteiger partial charge in [0.1, 0.15) is 11.5 Å². The van der Waals surface area contributed by atoms with E-state index in [-0.39, 0.29) is 16.9 Å². The quantitative estimate of drug-likeness (QED) is 0.698. The van der Waals surface area contributed by atoms with Crippen molar-refractivity contribution in [2.75, 3.05) is 0 Å². The molecule has 0 saturated heterocycles. The third-order valence-corrected chi connectivity index (χ3v) is 3.91. The summed E-state index contributed by atoms with van der Waals surface area (Å²) in [6.45, 7) is 0. The maximum Gasteiger partial charge on any atom is 0.194 e. The third kappa shape index (κ3) is 2.11. The van der Waals surface area contributed by atoms with Gasteiger partial charge in [0, 0.05) is 10.5 Å². The first-order chi connectivity index (χ1) is 9.58. The second-order valence-corrected chi connectivity index (χ2v) is 5.49. The molecule has 100 valence electrons. The molecule has 0 aliphatic heterocycles. The zero-order chi connectivity index (χ0) is 14.3. The molecule has 3 nitrogen and oxygen atoms in total. The molecule has 0 fully saturated rings. The zero-order valence-corrected chi connectivity index (χ0v) is 12.4. The highest BCUT2D eigenvalue weighted by Gasteiger charge is 2.14. The highest BCUT2D eigenvalue weighted by molar-refractivity contribution is 9.10. The van der Waals surface area contributed by atoms with Crippen LogP contribution in [0.5, 0.6) is 5.75 Å². The predicted molar refractivity (Wildman–Crippen MR) is 82.3 cm³/mol. The highest BCUT2D eigenvalue weighted by atomic mass is 79.9. The zero-order valence-electron chi connectivity index (χ0n) is 10.1. The summed E-state index contributed by atoms with van der Waals surface area (Å²) in [5, 5.41) is 10.6. The molecule has 5 heteroatoms. The Morgan fingerprint density at radius 2 is 1.90 bits per heavy atom. The molecule has 0 unspecified atom stereocenters. The van der Waals surface area contributed by atoms with Gasteiger partial charge in [-0.25, -0.2) is 0 Å². The fourth-order valence-electron chi connectivity index (χ4n) is 2.01. The lowest BCUT2D eigenvalue weighted by Crippen LogP contribution is -2.01. The number of halogens is 2. The predicted octanol–water partition coefficient (Wildman–Crippen LogP) is 4.58. The van der Waals surface area contributed by atoms with Gasteiger partial charge in [0.2, 0.25) is 0 Å². The van der Waals surface area contributed by atoms with Crippen LogP contribution in [0.2, 0.25) is 5.02 Å². The SMILES string of the molecule is O=c1cc(-c2ccccc2O)oc2c(Cl)ccc(Br)c12. The van der Waals surface area contributed by atoms with Crippen molar-refractivity contribution in [3.63, 3.8) is 0 Å². The van der Waals surface area contributed by atoms with Crippen molar-refractivity contribution in [2.24, 2.45) is 0 Å². The summed E-state index contributed by atoms with van der Waals surface area (Å²) < 4.78 is 6.32. The molecule has 1 heterocycles. The Kier molecular flexibility index (Phi) is 3.28. The van der Waals surface area contributed by atoms with Crippen molar-refractivity contribution in [3.8, 4) is 17.1 Å². The van der Waals surface area contributed by atoms with Crippen molar-refractivity contribution in [3.05, 3.63) is 62.2 Å². The standard InChI is InChI=1S/C15H8BrClO3/c16-9-5-6-10(17)15-14(9)12(19)7-13(20-15)8-3-1-2-4-11(8)18/h1-7,18H. The van der Waals surface area contributed by atoms with Gasteiger partial charge in [0.05, 0.1) is 16.0 Å². The lowest BCUT2D eigenvalue weighted by Gasteiger charge is -2.07. The minimum absolute atomic E-state index is 0.0427. The minimum Gasteiger partial charge on any atom is -0.507 e. The molecule has 20 heavy (non-hydrogen) atoms. The van der Waals surface area contributed by atoms with Crippen LogP contribution >= 0.6 is 27.5 Å². The van der Waals surface area contributed by atoms with Crippen LogP contribution in [0, 0.1) is 0 Å². The van der Waals surface area contributed by atoms with Crippen molar-refractivity contribution in [1.82, 2.24) is 0 Å². The van der Waals surface area contributed by atoms with E-state index in [9.17, 15) is 9.90 Å². The molecule has 3 aromatic rings. The Balaban J connectivity index is 2.39. The molecule has 0 saturated carbocycles. The number of para-hydroxylation sites is 1. The second kappa shape index (κ2) is 4.96. The molecule has 2 aromatic carbocycles. The third-order valence-electron chi connectivity index (χ3n) is 2.95. The number of rotatable bonds is 1. The molecule has 0 bridgehead atoms. The van der Waals surface area contributed by atoms with Crippen molar-refractivity contribution >= 4 is 38.5 Å². The smallest absolute Gasteiger partial charge is 0.194 e. The Morgan fingerprint density at radius 3 is 2.65 bits per heavy atom. The summed E-state index contributed by atoms with van der Waals surface area (Å²) >= 11 is 9.39. The summed E-state index contributed by atoms with van der Waals surface area (Å²) in [4.78, 5) is 12.2. The monoisotopic (exact) mass is 350 g/mol. The Labute approximate surface area is 127 Å². The number of hydrogen-bond donors (Lipinski definition) is 1. The molecule has 3 rings (SSSR count). The minimum atomic E-state index is -0.223. The van der Waals surface area contributed by atoms with E-state index in [2.05, 4.69) is 15.9 Å².